The number of fused-ring (bicyclic) bond motifs is 1. The van der Waals surface area contributed by atoms with Crippen molar-refractivity contribution in [1.29, 1.82) is 0 Å². The number of aromatic amines is 1. The lowest BCUT2D eigenvalue weighted by molar-refractivity contribution is 0.244. The van der Waals surface area contributed by atoms with Crippen LogP contribution < -0.4 is 10.9 Å². The SMILES string of the molecule is CCN(CC)CCCNC(=S)N(CCO)Cc1cc2ccc(C)c(C)c2[nH]c1=O. The highest BCUT2D eigenvalue weighted by Crippen LogP contribution is 2.19. The van der Waals surface area contributed by atoms with E-state index < -0.39 is 0 Å². The lowest BCUT2D eigenvalue weighted by Crippen LogP contribution is -2.42. The van der Waals surface area contributed by atoms with Crippen LogP contribution in [0.25, 0.3) is 10.9 Å². The summed E-state index contributed by atoms with van der Waals surface area (Å²) < 4.78 is 0. The maximum absolute atomic E-state index is 12.6. The predicted octanol–water partition coefficient (Wildman–Crippen LogP) is 2.55. The molecule has 0 atom stereocenters. The summed E-state index contributed by atoms with van der Waals surface area (Å²) in [6.07, 6.45) is 0.990. The van der Waals surface area contributed by atoms with Gasteiger partial charge in [0.2, 0.25) is 0 Å². The van der Waals surface area contributed by atoms with Gasteiger partial charge in [-0.25, -0.2) is 0 Å². The molecule has 0 fully saturated rings. The lowest BCUT2D eigenvalue weighted by atomic mass is 10.0. The summed E-state index contributed by atoms with van der Waals surface area (Å²) in [6.45, 7) is 13.0. The molecule has 29 heavy (non-hydrogen) atoms. The smallest absolute Gasteiger partial charge is 0.253 e. The Morgan fingerprint density at radius 2 is 1.93 bits per heavy atom. The highest BCUT2D eigenvalue weighted by molar-refractivity contribution is 7.80. The number of aliphatic hydroxyl groups is 1. The zero-order valence-electron chi connectivity index (χ0n) is 18.0. The number of nitrogens with zero attached hydrogens (tertiary/aromatic N) is 2. The van der Waals surface area contributed by atoms with Gasteiger partial charge < -0.3 is 25.2 Å². The molecule has 2 rings (SSSR count). The number of hydrogen-bond donors (Lipinski definition) is 3. The summed E-state index contributed by atoms with van der Waals surface area (Å²) in [5, 5.41) is 14.3. The first-order valence-corrected chi connectivity index (χ1v) is 10.8. The first-order chi connectivity index (χ1) is 13.9. The molecule has 0 aliphatic heterocycles. The second-order valence-electron chi connectivity index (χ2n) is 7.35. The van der Waals surface area contributed by atoms with Gasteiger partial charge in [-0.15, -0.1) is 0 Å². The van der Waals surface area contributed by atoms with Crippen molar-refractivity contribution in [3.05, 3.63) is 45.2 Å². The molecule has 1 aromatic carbocycles. The monoisotopic (exact) mass is 418 g/mol. The first kappa shape index (κ1) is 23.3. The number of H-pyrrole nitrogens is 1. The van der Waals surface area contributed by atoms with Gasteiger partial charge in [-0.1, -0.05) is 26.0 Å². The number of aliphatic hydroxyl groups excluding tert-OH is 1. The Morgan fingerprint density at radius 1 is 1.21 bits per heavy atom. The van der Waals surface area contributed by atoms with Gasteiger partial charge in [0.15, 0.2) is 5.11 Å². The van der Waals surface area contributed by atoms with E-state index in [0.29, 0.717) is 23.8 Å². The Morgan fingerprint density at radius 3 is 2.59 bits per heavy atom. The summed E-state index contributed by atoms with van der Waals surface area (Å²) in [7, 11) is 0. The van der Waals surface area contributed by atoms with Crippen LogP contribution in [0.1, 0.15) is 37.0 Å². The molecule has 0 unspecified atom stereocenters. The van der Waals surface area contributed by atoms with E-state index in [1.807, 2.05) is 30.9 Å². The number of benzene rings is 1. The van der Waals surface area contributed by atoms with Crippen molar-refractivity contribution in [2.24, 2.45) is 0 Å². The summed E-state index contributed by atoms with van der Waals surface area (Å²) in [4.78, 5) is 19.9. The van der Waals surface area contributed by atoms with E-state index in [-0.39, 0.29) is 12.2 Å². The third-order valence-corrected chi connectivity index (χ3v) is 5.87. The minimum absolute atomic E-state index is 0.0228. The largest absolute Gasteiger partial charge is 0.395 e. The Bertz CT molecular complexity index is 877. The second-order valence-corrected chi connectivity index (χ2v) is 7.74. The molecule has 0 aliphatic carbocycles. The Labute approximate surface area is 178 Å². The summed E-state index contributed by atoms with van der Waals surface area (Å²) in [6, 6.07) is 6.01. The summed E-state index contributed by atoms with van der Waals surface area (Å²) >= 11 is 5.53. The van der Waals surface area contributed by atoms with Crippen molar-refractivity contribution in [1.82, 2.24) is 20.1 Å². The first-order valence-electron chi connectivity index (χ1n) is 10.4. The molecule has 160 valence electrons. The molecule has 0 radical (unpaired) electrons. The fraction of sp³-hybridized carbons (Fsp3) is 0.545. The molecule has 0 spiro atoms. The van der Waals surface area contributed by atoms with Crippen molar-refractivity contribution in [3.8, 4) is 0 Å². The van der Waals surface area contributed by atoms with Gasteiger partial charge >= 0.3 is 0 Å². The van der Waals surface area contributed by atoms with Crippen molar-refractivity contribution < 1.29 is 5.11 Å². The van der Waals surface area contributed by atoms with Crippen LogP contribution in [0.2, 0.25) is 0 Å². The van der Waals surface area contributed by atoms with E-state index in [2.05, 4.69) is 35.1 Å². The Kier molecular flexibility index (Phi) is 9.07. The third-order valence-electron chi connectivity index (χ3n) is 5.47. The lowest BCUT2D eigenvalue weighted by Gasteiger charge is -2.25. The Balaban J connectivity index is 2.07. The molecule has 2 aromatic rings. The fourth-order valence-corrected chi connectivity index (χ4v) is 3.67. The minimum atomic E-state index is -0.113. The van der Waals surface area contributed by atoms with Crippen LogP contribution in [0.3, 0.4) is 0 Å². The van der Waals surface area contributed by atoms with Crippen LogP contribution >= 0.6 is 12.2 Å². The standard InChI is InChI=1S/C22H34N4O2S/c1-5-25(6-2)11-7-10-23-22(29)26(12-13-27)15-19-14-18-9-8-16(3)17(4)20(18)24-21(19)28/h8-9,14,27H,5-7,10-13,15H2,1-4H3,(H,23,29)(H,24,28). The van der Waals surface area contributed by atoms with Crippen LogP contribution in [0, 0.1) is 13.8 Å². The van der Waals surface area contributed by atoms with Crippen LogP contribution in [0.5, 0.6) is 0 Å². The molecule has 7 heteroatoms. The molecule has 1 aromatic heterocycles. The molecule has 0 aliphatic rings. The van der Waals surface area contributed by atoms with Gasteiger partial charge in [0.1, 0.15) is 0 Å². The van der Waals surface area contributed by atoms with Crippen molar-refractivity contribution in [2.75, 3.05) is 39.3 Å². The maximum Gasteiger partial charge on any atom is 0.253 e. The second kappa shape index (κ2) is 11.3. The predicted molar refractivity (Wildman–Crippen MR) is 125 cm³/mol. The van der Waals surface area contributed by atoms with Gasteiger partial charge in [0, 0.05) is 18.7 Å². The highest BCUT2D eigenvalue weighted by atomic mass is 32.1. The number of thiocarbonyl (C=S) groups is 1. The molecule has 0 amide bonds. The molecule has 0 bridgehead atoms. The topological polar surface area (TPSA) is 71.6 Å². The van der Waals surface area contributed by atoms with Crippen LogP contribution in [0.15, 0.2) is 23.0 Å². The van der Waals surface area contributed by atoms with E-state index in [0.717, 1.165) is 54.6 Å². The van der Waals surface area contributed by atoms with Gasteiger partial charge in [0.25, 0.3) is 5.56 Å². The maximum atomic E-state index is 12.6. The molecule has 1 heterocycles. The zero-order chi connectivity index (χ0) is 21.4. The number of pyridine rings is 1. The summed E-state index contributed by atoms with van der Waals surface area (Å²) in [5.41, 5.74) is 3.64. The van der Waals surface area contributed by atoms with E-state index >= 15 is 0 Å². The number of rotatable bonds is 10. The van der Waals surface area contributed by atoms with Crippen molar-refractivity contribution in [3.63, 3.8) is 0 Å². The van der Waals surface area contributed by atoms with E-state index in [1.165, 1.54) is 0 Å². The van der Waals surface area contributed by atoms with Gasteiger partial charge in [-0.05, 0) is 74.7 Å². The normalized spacial score (nSPS) is 11.2. The highest BCUT2D eigenvalue weighted by Gasteiger charge is 2.13. The molecule has 0 saturated heterocycles. The minimum Gasteiger partial charge on any atom is -0.395 e. The van der Waals surface area contributed by atoms with E-state index in [9.17, 15) is 9.90 Å². The van der Waals surface area contributed by atoms with Gasteiger partial charge in [-0.3, -0.25) is 4.79 Å². The van der Waals surface area contributed by atoms with Crippen LogP contribution in [-0.2, 0) is 6.54 Å². The molecule has 0 saturated carbocycles. The van der Waals surface area contributed by atoms with E-state index in [1.54, 1.807) is 0 Å². The third kappa shape index (κ3) is 6.26. The fourth-order valence-electron chi connectivity index (χ4n) is 3.42. The average molecular weight is 419 g/mol. The molecule has 3 N–H and O–H groups in total. The number of hydrogen-bond acceptors (Lipinski definition) is 4. The Hall–Kier alpha value is -1.96. The van der Waals surface area contributed by atoms with Crippen molar-refractivity contribution in [2.45, 2.75) is 40.7 Å². The number of aromatic nitrogens is 1. The zero-order valence-corrected chi connectivity index (χ0v) is 18.9. The number of aryl methyl sites for hydroxylation is 2. The number of nitrogens with one attached hydrogen (secondary N) is 2. The van der Waals surface area contributed by atoms with Crippen molar-refractivity contribution >= 4 is 28.2 Å². The molecular formula is C22H34N4O2S. The quantitative estimate of drug-likeness (QED) is 0.407. The van der Waals surface area contributed by atoms with E-state index in [4.69, 9.17) is 12.2 Å². The average Bonchev–Trinajstić information content (AvgIpc) is 2.71. The van der Waals surface area contributed by atoms with Gasteiger partial charge in [0.05, 0.1) is 18.7 Å². The molecular weight excluding hydrogens is 384 g/mol. The van der Waals surface area contributed by atoms with Crippen LogP contribution in [-0.4, -0.2) is 64.3 Å². The summed E-state index contributed by atoms with van der Waals surface area (Å²) in [5.74, 6) is 0. The van der Waals surface area contributed by atoms with Gasteiger partial charge in [-0.2, -0.15) is 0 Å². The molecule has 6 nitrogen and oxygen atoms in total. The van der Waals surface area contributed by atoms with Crippen LogP contribution in [0.4, 0.5) is 0 Å².